The number of aliphatic hydroxyl groups excluding tert-OH is 1. The summed E-state index contributed by atoms with van der Waals surface area (Å²) in [6.07, 6.45) is 1.66. The lowest BCUT2D eigenvalue weighted by molar-refractivity contribution is -0.142. The molecule has 0 aliphatic carbocycles. The molecule has 2 aliphatic heterocycles. The van der Waals surface area contributed by atoms with E-state index in [9.17, 15) is 33.0 Å². The molecule has 2 fully saturated rings. The first-order valence-electron chi connectivity index (χ1n) is 18.0. The molecule has 54 heavy (non-hydrogen) atoms. The van der Waals surface area contributed by atoms with Crippen molar-refractivity contribution in [2.45, 2.75) is 64.5 Å². The summed E-state index contributed by atoms with van der Waals surface area (Å²) in [5.74, 6) is -1.00. The highest BCUT2D eigenvalue weighted by Crippen LogP contribution is 2.39. The Morgan fingerprint density at radius 1 is 0.963 bits per heavy atom. The molecule has 9 nitrogen and oxygen atoms in total. The van der Waals surface area contributed by atoms with Gasteiger partial charge >= 0.3 is 12.1 Å². The number of ether oxygens (including phenoxy) is 1. The maximum atomic E-state index is 14.5. The average Bonchev–Trinajstić information content (AvgIpc) is 3.79. The van der Waals surface area contributed by atoms with Crippen LogP contribution in [0.5, 0.6) is 5.75 Å². The number of hydrogen-bond acceptors (Lipinski definition) is 7. The van der Waals surface area contributed by atoms with Gasteiger partial charge in [-0.1, -0.05) is 48.6 Å². The standard InChI is InChI=1S/C42H45F3N4O5/c1-26-29(14-15-30-21-39(54-4)31(20-35(30)42(43,44)45)24-49-18-7-12-38(49)41(52)53)8-5-9-33(26)34-10-6-11-37(27(34)2)47(3)40(51)36-16-13-28(22-46-36)23-48-19-17-32(50)25-48/h5-6,8-11,13-16,20-22,32,38,50H,7,12,17-19,23-25H2,1-4H3,(H,52,53)/b15-14+/t32-,38+/m1/s1. The minimum Gasteiger partial charge on any atom is -0.496 e. The van der Waals surface area contributed by atoms with E-state index in [1.165, 1.54) is 19.3 Å². The average molecular weight is 743 g/mol. The predicted octanol–water partition coefficient (Wildman–Crippen LogP) is 7.46. The third kappa shape index (κ3) is 8.36. The van der Waals surface area contributed by atoms with Crippen LogP contribution < -0.4 is 9.64 Å². The summed E-state index contributed by atoms with van der Waals surface area (Å²) in [5, 5.41) is 19.4. The highest BCUT2D eigenvalue weighted by atomic mass is 19.4. The Balaban J connectivity index is 1.25. The molecule has 1 aromatic heterocycles. The lowest BCUT2D eigenvalue weighted by Gasteiger charge is -2.23. The van der Waals surface area contributed by atoms with Crippen molar-refractivity contribution in [1.29, 1.82) is 0 Å². The van der Waals surface area contributed by atoms with Gasteiger partial charge in [-0.05, 0) is 103 Å². The third-order valence-electron chi connectivity index (χ3n) is 10.6. The van der Waals surface area contributed by atoms with Crippen molar-refractivity contribution in [3.63, 3.8) is 0 Å². The number of carboxylic acid groups (broad SMARTS) is 1. The maximum absolute atomic E-state index is 14.5. The Morgan fingerprint density at radius 3 is 2.33 bits per heavy atom. The number of anilines is 1. The summed E-state index contributed by atoms with van der Waals surface area (Å²) in [7, 11) is 3.10. The number of aliphatic hydroxyl groups is 1. The Labute approximate surface area is 313 Å². The molecule has 0 unspecified atom stereocenters. The SMILES string of the molecule is COc1cc(/C=C/c2cccc(-c3cccc(N(C)C(=O)c4ccc(CN5CC[C@@H](O)C5)cn4)c3C)c2C)c(C(F)(F)F)cc1CN1CCC[C@H]1C(=O)O. The van der Waals surface area contributed by atoms with Gasteiger partial charge in [-0.25, -0.2) is 0 Å². The molecular weight excluding hydrogens is 697 g/mol. The fraction of sp³-hybridized carbons (Fsp3) is 0.357. The summed E-state index contributed by atoms with van der Waals surface area (Å²) in [4.78, 5) is 35.1. The summed E-state index contributed by atoms with van der Waals surface area (Å²) in [5.41, 5.74) is 5.49. The van der Waals surface area contributed by atoms with Crippen LogP contribution in [0.4, 0.5) is 18.9 Å². The lowest BCUT2D eigenvalue weighted by Crippen LogP contribution is -2.35. The van der Waals surface area contributed by atoms with Gasteiger partial charge in [0.1, 0.15) is 17.5 Å². The number of nitrogens with zero attached hydrogens (tertiary/aromatic N) is 4. The normalized spacial score (nSPS) is 18.1. The van der Waals surface area contributed by atoms with Gasteiger partial charge in [0, 0.05) is 50.7 Å². The van der Waals surface area contributed by atoms with E-state index in [2.05, 4.69) is 9.88 Å². The van der Waals surface area contributed by atoms with Gasteiger partial charge in [-0.2, -0.15) is 13.2 Å². The molecule has 12 heteroatoms. The molecule has 2 N–H and O–H groups in total. The number of aromatic nitrogens is 1. The van der Waals surface area contributed by atoms with E-state index in [4.69, 9.17) is 4.74 Å². The molecule has 4 aromatic rings. The van der Waals surface area contributed by atoms with Crippen LogP contribution in [0.2, 0.25) is 0 Å². The zero-order chi connectivity index (χ0) is 38.7. The molecular formula is C42H45F3N4O5. The van der Waals surface area contributed by atoms with Crippen molar-refractivity contribution in [3.05, 3.63) is 111 Å². The van der Waals surface area contributed by atoms with E-state index in [1.54, 1.807) is 35.2 Å². The maximum Gasteiger partial charge on any atom is 0.417 e. The number of alkyl halides is 3. The number of benzene rings is 3. The largest absolute Gasteiger partial charge is 0.496 e. The van der Waals surface area contributed by atoms with Crippen molar-refractivity contribution >= 4 is 29.7 Å². The van der Waals surface area contributed by atoms with Crippen LogP contribution in [-0.4, -0.2) is 82.8 Å². The molecule has 0 spiro atoms. The second-order valence-electron chi connectivity index (χ2n) is 14.1. The zero-order valence-electron chi connectivity index (χ0n) is 30.9. The van der Waals surface area contributed by atoms with Crippen molar-refractivity contribution < 1.29 is 37.7 Å². The molecule has 2 aliphatic rings. The van der Waals surface area contributed by atoms with Crippen molar-refractivity contribution in [3.8, 4) is 16.9 Å². The number of halogens is 3. The number of methoxy groups -OCH3 is 1. The molecule has 2 saturated heterocycles. The molecule has 0 saturated carbocycles. The fourth-order valence-electron chi connectivity index (χ4n) is 7.57. The Hall–Kier alpha value is -5.04. The Kier molecular flexibility index (Phi) is 11.6. The van der Waals surface area contributed by atoms with E-state index in [-0.39, 0.29) is 35.4 Å². The number of β-amino-alcohol motifs (C(OH)–C–C–N with tert-alkyl or cyclic N) is 1. The molecule has 3 aromatic carbocycles. The number of hydrogen-bond donors (Lipinski definition) is 2. The summed E-state index contributed by atoms with van der Waals surface area (Å²) >= 11 is 0. The van der Waals surface area contributed by atoms with Gasteiger partial charge in [-0.15, -0.1) is 0 Å². The van der Waals surface area contributed by atoms with Crippen molar-refractivity contribution in [2.24, 2.45) is 0 Å². The number of aliphatic carboxylic acids is 1. The van der Waals surface area contributed by atoms with E-state index < -0.39 is 23.8 Å². The van der Waals surface area contributed by atoms with Crippen LogP contribution in [0.15, 0.2) is 66.9 Å². The molecule has 284 valence electrons. The van der Waals surface area contributed by atoms with Crippen LogP contribution in [0, 0.1) is 13.8 Å². The van der Waals surface area contributed by atoms with Gasteiger partial charge in [0.05, 0.1) is 18.8 Å². The first kappa shape index (κ1) is 38.7. The number of carboxylic acids is 1. The van der Waals surface area contributed by atoms with Crippen LogP contribution in [0.3, 0.4) is 0 Å². The predicted molar refractivity (Wildman–Crippen MR) is 202 cm³/mol. The van der Waals surface area contributed by atoms with E-state index in [0.717, 1.165) is 46.8 Å². The first-order chi connectivity index (χ1) is 25.7. The second-order valence-corrected chi connectivity index (χ2v) is 14.1. The number of carbonyl (C=O) groups is 2. The number of rotatable bonds is 11. The van der Waals surface area contributed by atoms with Gasteiger partial charge in [-0.3, -0.25) is 24.4 Å². The quantitative estimate of drug-likeness (QED) is 0.153. The van der Waals surface area contributed by atoms with Gasteiger partial charge in [0.15, 0.2) is 0 Å². The molecule has 3 heterocycles. The minimum absolute atomic E-state index is 0.0294. The zero-order valence-corrected chi connectivity index (χ0v) is 30.9. The topological polar surface area (TPSA) is 106 Å². The second kappa shape index (κ2) is 16.1. The van der Waals surface area contributed by atoms with Gasteiger partial charge < -0.3 is 19.8 Å². The summed E-state index contributed by atoms with van der Waals surface area (Å²) in [6, 6.07) is 16.6. The number of amides is 1. The fourth-order valence-corrected chi connectivity index (χ4v) is 7.57. The first-order valence-corrected chi connectivity index (χ1v) is 18.0. The van der Waals surface area contributed by atoms with Crippen LogP contribution in [0.1, 0.15) is 68.7 Å². The third-order valence-corrected chi connectivity index (χ3v) is 10.6. The van der Waals surface area contributed by atoms with E-state index >= 15 is 0 Å². The highest BCUT2D eigenvalue weighted by Gasteiger charge is 2.36. The van der Waals surface area contributed by atoms with Crippen molar-refractivity contribution in [1.82, 2.24) is 14.8 Å². The van der Waals surface area contributed by atoms with Crippen molar-refractivity contribution in [2.75, 3.05) is 38.7 Å². The minimum atomic E-state index is -4.66. The monoisotopic (exact) mass is 742 g/mol. The van der Waals surface area contributed by atoms with E-state index in [0.29, 0.717) is 49.4 Å². The number of pyridine rings is 1. The summed E-state index contributed by atoms with van der Waals surface area (Å²) in [6.45, 7) is 6.45. The molecule has 2 atom stereocenters. The van der Waals surface area contributed by atoms with Crippen LogP contribution in [-0.2, 0) is 24.1 Å². The highest BCUT2D eigenvalue weighted by molar-refractivity contribution is 6.05. The molecule has 1 amide bonds. The Bertz CT molecular complexity index is 2050. The van der Waals surface area contributed by atoms with Crippen LogP contribution >= 0.6 is 0 Å². The number of carbonyl (C=O) groups excluding carboxylic acids is 1. The smallest absolute Gasteiger partial charge is 0.417 e. The van der Waals surface area contributed by atoms with Crippen LogP contribution in [0.25, 0.3) is 23.3 Å². The van der Waals surface area contributed by atoms with E-state index in [1.807, 2.05) is 56.3 Å². The van der Waals surface area contributed by atoms with Gasteiger partial charge in [0.2, 0.25) is 0 Å². The van der Waals surface area contributed by atoms with Gasteiger partial charge in [0.25, 0.3) is 5.91 Å². The molecule has 0 bridgehead atoms. The number of likely N-dealkylation sites (tertiary alicyclic amines) is 2. The molecule has 0 radical (unpaired) electrons. The molecule has 6 rings (SSSR count). The Morgan fingerprint density at radius 2 is 1.69 bits per heavy atom. The summed E-state index contributed by atoms with van der Waals surface area (Å²) < 4.78 is 48.9. The lowest BCUT2D eigenvalue weighted by atomic mass is 9.92.